The highest BCUT2D eigenvalue weighted by Gasteiger charge is 2.45. The van der Waals surface area contributed by atoms with Crippen LogP contribution in [0.4, 0.5) is 16.2 Å². The summed E-state index contributed by atoms with van der Waals surface area (Å²) in [6.07, 6.45) is 1.91. The van der Waals surface area contributed by atoms with Gasteiger partial charge in [-0.15, -0.1) is 0 Å². The van der Waals surface area contributed by atoms with E-state index in [4.69, 9.17) is 17.3 Å². The third-order valence-electron chi connectivity index (χ3n) is 3.62. The number of benzene rings is 1. The molecule has 1 saturated carbocycles. The maximum absolute atomic E-state index is 13.9. The van der Waals surface area contributed by atoms with Gasteiger partial charge in [0, 0.05) is 18.0 Å². The molecule has 104 valence electrons. The average Bonchev–Trinajstić information content (AvgIpc) is 3.17. The van der Waals surface area contributed by atoms with Crippen molar-refractivity contribution in [2.75, 3.05) is 17.6 Å². The fourth-order valence-electron chi connectivity index (χ4n) is 2.37. The van der Waals surface area contributed by atoms with Crippen LogP contribution in [0.3, 0.4) is 0 Å². The fourth-order valence-corrected chi connectivity index (χ4v) is 2.56. The fraction of sp³-hybridized carbons (Fsp3) is 0.286. The molecule has 20 heavy (non-hydrogen) atoms. The van der Waals surface area contributed by atoms with Crippen LogP contribution in [0.1, 0.15) is 18.4 Å². The van der Waals surface area contributed by atoms with Crippen molar-refractivity contribution in [3.05, 3.63) is 46.9 Å². The van der Waals surface area contributed by atoms with E-state index in [0.717, 1.165) is 18.4 Å². The van der Waals surface area contributed by atoms with Crippen LogP contribution in [0.25, 0.3) is 0 Å². The molecule has 1 aromatic heterocycles. The number of halogens is 2. The highest BCUT2D eigenvalue weighted by molar-refractivity contribution is 6.29. The quantitative estimate of drug-likeness (QED) is 0.850. The molecule has 3 N–H and O–H groups in total. The molecule has 0 radical (unpaired) electrons. The molecule has 0 unspecified atom stereocenters. The highest BCUT2D eigenvalue weighted by atomic mass is 35.5. The lowest BCUT2D eigenvalue weighted by Gasteiger charge is -2.17. The lowest BCUT2D eigenvalue weighted by Crippen LogP contribution is -2.21. The standard InChI is InChI=1S/C14H14ClFN4/c15-11-7-12(20-13(17)19-11)18-8-14(5-6-14)9-3-1-2-4-10(9)16/h1-4,7H,5-6,8H2,(H3,17,18,19,20). The smallest absolute Gasteiger partial charge is 0.223 e. The Morgan fingerprint density at radius 2 is 2.05 bits per heavy atom. The molecule has 1 heterocycles. The molecule has 1 fully saturated rings. The van der Waals surface area contributed by atoms with E-state index in [9.17, 15) is 4.39 Å². The average molecular weight is 293 g/mol. The number of hydrogen-bond donors (Lipinski definition) is 2. The van der Waals surface area contributed by atoms with Gasteiger partial charge in [-0.1, -0.05) is 29.8 Å². The summed E-state index contributed by atoms with van der Waals surface area (Å²) in [5, 5.41) is 3.46. The number of nitrogens with two attached hydrogens (primary N) is 1. The summed E-state index contributed by atoms with van der Waals surface area (Å²) in [4.78, 5) is 7.86. The second kappa shape index (κ2) is 4.90. The van der Waals surface area contributed by atoms with Crippen LogP contribution in [-0.4, -0.2) is 16.5 Å². The zero-order valence-electron chi connectivity index (χ0n) is 10.7. The Morgan fingerprint density at radius 1 is 1.30 bits per heavy atom. The predicted octanol–water partition coefficient (Wildman–Crippen LogP) is 3.00. The second-order valence-electron chi connectivity index (χ2n) is 5.05. The summed E-state index contributed by atoms with van der Waals surface area (Å²) in [7, 11) is 0. The molecule has 0 amide bonds. The minimum absolute atomic E-state index is 0.121. The van der Waals surface area contributed by atoms with E-state index < -0.39 is 0 Å². The molecule has 0 atom stereocenters. The SMILES string of the molecule is Nc1nc(Cl)cc(NCC2(c3ccccc3F)CC2)n1. The van der Waals surface area contributed by atoms with Crippen molar-refractivity contribution in [2.45, 2.75) is 18.3 Å². The number of nitrogen functional groups attached to an aromatic ring is 1. The largest absolute Gasteiger partial charge is 0.369 e. The number of hydrogen-bond acceptors (Lipinski definition) is 4. The molecule has 0 saturated heterocycles. The topological polar surface area (TPSA) is 63.8 Å². The summed E-state index contributed by atoms with van der Waals surface area (Å²) < 4.78 is 13.9. The van der Waals surface area contributed by atoms with Gasteiger partial charge in [-0.2, -0.15) is 4.98 Å². The van der Waals surface area contributed by atoms with Gasteiger partial charge in [0.05, 0.1) is 0 Å². The van der Waals surface area contributed by atoms with Crippen LogP contribution in [0.2, 0.25) is 5.15 Å². The molecule has 2 aromatic rings. The molecule has 4 nitrogen and oxygen atoms in total. The maximum Gasteiger partial charge on any atom is 0.223 e. The second-order valence-corrected chi connectivity index (χ2v) is 5.44. The minimum atomic E-state index is -0.160. The molecule has 1 aliphatic carbocycles. The van der Waals surface area contributed by atoms with Gasteiger partial charge in [0.25, 0.3) is 0 Å². The van der Waals surface area contributed by atoms with Crippen LogP contribution in [0.5, 0.6) is 0 Å². The number of rotatable bonds is 4. The van der Waals surface area contributed by atoms with Gasteiger partial charge < -0.3 is 11.1 Å². The van der Waals surface area contributed by atoms with Crippen molar-refractivity contribution in [1.82, 2.24) is 9.97 Å². The summed E-state index contributed by atoms with van der Waals surface area (Å²) in [5.41, 5.74) is 6.14. The number of nitrogens with one attached hydrogen (secondary N) is 1. The van der Waals surface area contributed by atoms with E-state index in [1.807, 2.05) is 12.1 Å². The van der Waals surface area contributed by atoms with Gasteiger partial charge in [-0.3, -0.25) is 0 Å². The Labute approximate surface area is 121 Å². The third kappa shape index (κ3) is 2.54. The van der Waals surface area contributed by atoms with Gasteiger partial charge in [0.2, 0.25) is 5.95 Å². The van der Waals surface area contributed by atoms with E-state index in [1.165, 1.54) is 6.07 Å². The third-order valence-corrected chi connectivity index (χ3v) is 3.81. The van der Waals surface area contributed by atoms with E-state index >= 15 is 0 Å². The van der Waals surface area contributed by atoms with Crippen LogP contribution in [0.15, 0.2) is 30.3 Å². The zero-order valence-corrected chi connectivity index (χ0v) is 11.5. The van der Waals surface area contributed by atoms with Crippen molar-refractivity contribution in [3.8, 4) is 0 Å². The first kappa shape index (κ1) is 13.1. The van der Waals surface area contributed by atoms with Crippen molar-refractivity contribution < 1.29 is 4.39 Å². The Balaban J connectivity index is 1.77. The molecular weight excluding hydrogens is 279 g/mol. The lowest BCUT2D eigenvalue weighted by atomic mass is 9.95. The van der Waals surface area contributed by atoms with Crippen molar-refractivity contribution in [2.24, 2.45) is 0 Å². The number of aromatic nitrogens is 2. The van der Waals surface area contributed by atoms with Gasteiger partial charge in [-0.05, 0) is 24.5 Å². The van der Waals surface area contributed by atoms with Crippen LogP contribution >= 0.6 is 11.6 Å². The maximum atomic E-state index is 13.9. The first-order chi connectivity index (χ1) is 9.59. The van der Waals surface area contributed by atoms with E-state index in [2.05, 4.69) is 15.3 Å². The van der Waals surface area contributed by atoms with Gasteiger partial charge in [-0.25, -0.2) is 9.37 Å². The molecule has 0 spiro atoms. The number of anilines is 2. The molecule has 6 heteroatoms. The van der Waals surface area contributed by atoms with Crippen molar-refractivity contribution >= 4 is 23.4 Å². The summed E-state index contributed by atoms with van der Waals surface area (Å²) in [5.74, 6) is 0.521. The lowest BCUT2D eigenvalue weighted by molar-refractivity contribution is 0.578. The highest BCUT2D eigenvalue weighted by Crippen LogP contribution is 2.48. The van der Waals surface area contributed by atoms with E-state index in [0.29, 0.717) is 12.4 Å². The van der Waals surface area contributed by atoms with Gasteiger partial charge in [0.15, 0.2) is 0 Å². The van der Waals surface area contributed by atoms with Crippen molar-refractivity contribution in [3.63, 3.8) is 0 Å². The van der Waals surface area contributed by atoms with Crippen LogP contribution in [-0.2, 0) is 5.41 Å². The zero-order chi connectivity index (χ0) is 14.2. The normalized spacial score (nSPS) is 15.9. The molecule has 0 bridgehead atoms. The predicted molar refractivity (Wildman–Crippen MR) is 77.3 cm³/mol. The monoisotopic (exact) mass is 292 g/mol. The number of nitrogens with zero attached hydrogens (tertiary/aromatic N) is 2. The minimum Gasteiger partial charge on any atom is -0.369 e. The van der Waals surface area contributed by atoms with Gasteiger partial charge >= 0.3 is 0 Å². The summed E-state index contributed by atoms with van der Waals surface area (Å²) in [6, 6.07) is 8.50. The Kier molecular flexibility index (Phi) is 3.22. The first-order valence-corrected chi connectivity index (χ1v) is 6.76. The van der Waals surface area contributed by atoms with Crippen LogP contribution in [0, 0.1) is 5.82 Å². The first-order valence-electron chi connectivity index (χ1n) is 6.38. The Morgan fingerprint density at radius 3 is 2.70 bits per heavy atom. The Hall–Kier alpha value is -1.88. The van der Waals surface area contributed by atoms with E-state index in [1.54, 1.807) is 12.1 Å². The molecule has 3 rings (SSSR count). The molecule has 1 aromatic carbocycles. The molecule has 1 aliphatic rings. The van der Waals surface area contributed by atoms with Crippen LogP contribution < -0.4 is 11.1 Å². The molecule has 0 aliphatic heterocycles. The van der Waals surface area contributed by atoms with E-state index in [-0.39, 0.29) is 22.3 Å². The summed E-state index contributed by atoms with van der Waals surface area (Å²) in [6.45, 7) is 0.598. The Bertz CT molecular complexity index is 623. The van der Waals surface area contributed by atoms with Gasteiger partial charge in [0.1, 0.15) is 16.8 Å². The summed E-state index contributed by atoms with van der Waals surface area (Å²) >= 11 is 5.83. The van der Waals surface area contributed by atoms with Crippen molar-refractivity contribution in [1.29, 1.82) is 0 Å². The molecular formula is C14H14ClFN4.